The fourth-order valence-electron chi connectivity index (χ4n) is 3.84. The second kappa shape index (κ2) is 15.1. The number of carboxylic acid groups (broad SMARTS) is 1. The molecular formula is C24H35N5O6S. The van der Waals surface area contributed by atoms with E-state index in [1.54, 1.807) is 24.3 Å². The van der Waals surface area contributed by atoms with Crippen LogP contribution in [0.2, 0.25) is 0 Å². The molecule has 4 atom stereocenters. The van der Waals surface area contributed by atoms with Gasteiger partial charge in [0.2, 0.25) is 23.6 Å². The number of carbonyl (C=O) groups excluding carboxylic acids is 4. The van der Waals surface area contributed by atoms with Crippen molar-refractivity contribution in [3.05, 3.63) is 35.9 Å². The van der Waals surface area contributed by atoms with Crippen molar-refractivity contribution in [3.8, 4) is 0 Å². The summed E-state index contributed by atoms with van der Waals surface area (Å²) < 4.78 is 0. The Kier molecular flexibility index (Phi) is 12.2. The van der Waals surface area contributed by atoms with Crippen molar-refractivity contribution in [1.82, 2.24) is 21.3 Å². The first-order chi connectivity index (χ1) is 17.2. The molecule has 0 spiro atoms. The second-order valence-electron chi connectivity index (χ2n) is 8.65. The van der Waals surface area contributed by atoms with Gasteiger partial charge in [0, 0.05) is 12.8 Å². The molecule has 1 fully saturated rings. The summed E-state index contributed by atoms with van der Waals surface area (Å²) in [7, 11) is 0. The quantitative estimate of drug-likeness (QED) is 0.179. The van der Waals surface area contributed by atoms with Crippen LogP contribution < -0.4 is 27.0 Å². The van der Waals surface area contributed by atoms with Crippen LogP contribution >= 0.6 is 11.8 Å². The summed E-state index contributed by atoms with van der Waals surface area (Å²) >= 11 is 1.47. The van der Waals surface area contributed by atoms with Gasteiger partial charge in [0.25, 0.3) is 0 Å². The minimum atomic E-state index is -1.20. The number of nitrogens with one attached hydrogen (secondary N) is 4. The van der Waals surface area contributed by atoms with E-state index in [0.29, 0.717) is 18.7 Å². The number of thioether (sulfide) groups is 1. The molecule has 0 aliphatic carbocycles. The van der Waals surface area contributed by atoms with Crippen LogP contribution in [0, 0.1) is 0 Å². The third kappa shape index (κ3) is 9.86. The molecule has 36 heavy (non-hydrogen) atoms. The van der Waals surface area contributed by atoms with E-state index in [1.807, 2.05) is 12.3 Å². The van der Waals surface area contributed by atoms with Gasteiger partial charge in [-0.3, -0.25) is 19.2 Å². The molecule has 1 saturated heterocycles. The van der Waals surface area contributed by atoms with Crippen LogP contribution in [-0.4, -0.2) is 77.4 Å². The highest BCUT2D eigenvalue weighted by Crippen LogP contribution is 2.09. The molecule has 1 aliphatic rings. The molecule has 4 amide bonds. The smallest absolute Gasteiger partial charge is 0.326 e. The molecule has 1 heterocycles. The van der Waals surface area contributed by atoms with Gasteiger partial charge in [0.15, 0.2) is 0 Å². The Morgan fingerprint density at radius 3 is 2.22 bits per heavy atom. The Morgan fingerprint density at radius 2 is 1.67 bits per heavy atom. The monoisotopic (exact) mass is 521 g/mol. The lowest BCUT2D eigenvalue weighted by molar-refractivity contribution is -0.142. The minimum Gasteiger partial charge on any atom is -0.480 e. The van der Waals surface area contributed by atoms with Crippen LogP contribution in [0.15, 0.2) is 30.3 Å². The zero-order valence-electron chi connectivity index (χ0n) is 20.3. The summed E-state index contributed by atoms with van der Waals surface area (Å²) in [6, 6.07) is 5.17. The Hall–Kier alpha value is -3.12. The maximum atomic E-state index is 13.1. The molecule has 0 bridgehead atoms. The van der Waals surface area contributed by atoms with Gasteiger partial charge in [-0.15, -0.1) is 0 Å². The van der Waals surface area contributed by atoms with Crippen molar-refractivity contribution in [2.75, 3.05) is 18.6 Å². The summed E-state index contributed by atoms with van der Waals surface area (Å²) in [5, 5.41) is 20.5. The maximum Gasteiger partial charge on any atom is 0.326 e. The van der Waals surface area contributed by atoms with Crippen LogP contribution in [0.4, 0.5) is 0 Å². The van der Waals surface area contributed by atoms with Crippen LogP contribution in [-0.2, 0) is 30.4 Å². The summed E-state index contributed by atoms with van der Waals surface area (Å²) in [4.78, 5) is 61.8. The first-order valence-electron chi connectivity index (χ1n) is 11.9. The number of amides is 4. The molecule has 1 aliphatic heterocycles. The van der Waals surface area contributed by atoms with Gasteiger partial charge in [0.05, 0.1) is 6.04 Å². The molecule has 7 N–H and O–H groups in total. The predicted molar refractivity (Wildman–Crippen MR) is 136 cm³/mol. The third-order valence-electron chi connectivity index (χ3n) is 5.83. The number of rotatable bonds is 15. The molecule has 0 saturated carbocycles. The number of carbonyl (C=O) groups is 5. The van der Waals surface area contributed by atoms with Crippen molar-refractivity contribution in [2.24, 2.45) is 5.73 Å². The lowest BCUT2D eigenvalue weighted by atomic mass is 10.0. The van der Waals surface area contributed by atoms with Gasteiger partial charge >= 0.3 is 5.97 Å². The van der Waals surface area contributed by atoms with E-state index in [4.69, 9.17) is 5.73 Å². The zero-order chi connectivity index (χ0) is 26.5. The van der Waals surface area contributed by atoms with E-state index in [-0.39, 0.29) is 31.6 Å². The Balaban J connectivity index is 2.10. The topological polar surface area (TPSA) is 180 Å². The van der Waals surface area contributed by atoms with Gasteiger partial charge in [-0.25, -0.2) is 4.79 Å². The number of aliphatic carboxylic acids is 1. The molecule has 1 aromatic rings. The summed E-state index contributed by atoms with van der Waals surface area (Å²) in [6.45, 7) is 0.695. The number of carboxylic acids is 1. The molecule has 12 heteroatoms. The molecule has 11 nitrogen and oxygen atoms in total. The number of primary amides is 1. The minimum absolute atomic E-state index is 0.0255. The average molecular weight is 522 g/mol. The van der Waals surface area contributed by atoms with E-state index in [2.05, 4.69) is 21.3 Å². The van der Waals surface area contributed by atoms with Gasteiger partial charge < -0.3 is 32.1 Å². The maximum absolute atomic E-state index is 13.1. The third-order valence-corrected chi connectivity index (χ3v) is 6.47. The Morgan fingerprint density at radius 1 is 1.03 bits per heavy atom. The standard InChI is InChI=1S/C24H35N5O6S/c1-36-13-11-18(23(33)29-19(24(34)35)14-15-6-3-2-4-7-15)28-22(32)17(9-10-20(25)30)27-21(31)16-8-5-12-26-16/h2-4,6-7,16-19,26H,5,8-14H2,1H3,(H2,25,30)(H,27,31)(H,28,32)(H,29,33)(H,34,35). The van der Waals surface area contributed by atoms with Crippen LogP contribution in [0.1, 0.15) is 37.7 Å². The van der Waals surface area contributed by atoms with Gasteiger partial charge in [-0.1, -0.05) is 30.3 Å². The van der Waals surface area contributed by atoms with E-state index < -0.39 is 47.9 Å². The van der Waals surface area contributed by atoms with Gasteiger partial charge in [0.1, 0.15) is 18.1 Å². The highest BCUT2D eigenvalue weighted by atomic mass is 32.2. The van der Waals surface area contributed by atoms with Crippen molar-refractivity contribution in [2.45, 2.75) is 62.7 Å². The lowest BCUT2D eigenvalue weighted by Gasteiger charge is -2.25. The van der Waals surface area contributed by atoms with Crippen molar-refractivity contribution in [3.63, 3.8) is 0 Å². The molecular weight excluding hydrogens is 486 g/mol. The molecule has 1 aromatic carbocycles. The normalized spacial score (nSPS) is 17.4. The Bertz CT molecular complexity index is 910. The van der Waals surface area contributed by atoms with Crippen molar-refractivity contribution < 1.29 is 29.1 Å². The molecule has 2 rings (SSSR count). The van der Waals surface area contributed by atoms with E-state index in [9.17, 15) is 29.1 Å². The number of benzene rings is 1. The van der Waals surface area contributed by atoms with Gasteiger partial charge in [-0.2, -0.15) is 11.8 Å². The van der Waals surface area contributed by atoms with E-state index >= 15 is 0 Å². The van der Waals surface area contributed by atoms with Crippen LogP contribution in [0.3, 0.4) is 0 Å². The largest absolute Gasteiger partial charge is 0.480 e. The summed E-state index contributed by atoms with van der Waals surface area (Å²) in [5.41, 5.74) is 5.98. The van der Waals surface area contributed by atoms with E-state index in [1.165, 1.54) is 11.8 Å². The summed E-state index contributed by atoms with van der Waals surface area (Å²) in [5.74, 6) is -2.94. The average Bonchev–Trinajstić information content (AvgIpc) is 3.39. The first-order valence-corrected chi connectivity index (χ1v) is 13.3. The first kappa shape index (κ1) is 29.1. The van der Waals surface area contributed by atoms with Crippen molar-refractivity contribution in [1.29, 1.82) is 0 Å². The fraction of sp³-hybridized carbons (Fsp3) is 0.542. The Labute approximate surface area is 214 Å². The van der Waals surface area contributed by atoms with Crippen LogP contribution in [0.25, 0.3) is 0 Å². The molecule has 0 aromatic heterocycles. The number of nitrogens with two attached hydrogens (primary N) is 1. The number of hydrogen-bond donors (Lipinski definition) is 6. The fourth-order valence-corrected chi connectivity index (χ4v) is 4.31. The lowest BCUT2D eigenvalue weighted by Crippen LogP contribution is -2.57. The van der Waals surface area contributed by atoms with Gasteiger partial charge in [-0.05, 0) is 49.8 Å². The predicted octanol–water partition coefficient (Wildman–Crippen LogP) is -0.461. The number of hydrogen-bond acceptors (Lipinski definition) is 7. The van der Waals surface area contributed by atoms with Crippen molar-refractivity contribution >= 4 is 41.4 Å². The molecule has 0 radical (unpaired) electrons. The highest BCUT2D eigenvalue weighted by Gasteiger charge is 2.31. The molecule has 4 unspecified atom stereocenters. The summed E-state index contributed by atoms with van der Waals surface area (Å²) in [6.07, 6.45) is 3.48. The SMILES string of the molecule is CSCCC(NC(=O)C(CCC(N)=O)NC(=O)C1CCCN1)C(=O)NC(Cc1ccccc1)C(=O)O. The molecule has 198 valence electrons. The highest BCUT2D eigenvalue weighted by molar-refractivity contribution is 7.98. The second-order valence-corrected chi connectivity index (χ2v) is 9.63. The van der Waals surface area contributed by atoms with E-state index in [0.717, 1.165) is 12.0 Å². The zero-order valence-corrected chi connectivity index (χ0v) is 21.1. The van der Waals surface area contributed by atoms with Crippen LogP contribution in [0.5, 0.6) is 0 Å².